The van der Waals surface area contributed by atoms with E-state index in [1.165, 1.54) is 13.8 Å². The van der Waals surface area contributed by atoms with Gasteiger partial charge < -0.3 is 15.2 Å². The van der Waals surface area contributed by atoms with E-state index in [0.717, 1.165) is 23.1 Å². The van der Waals surface area contributed by atoms with Crippen LogP contribution in [-0.2, 0) is 4.79 Å². The van der Waals surface area contributed by atoms with Crippen molar-refractivity contribution in [3.05, 3.63) is 38.4 Å². The zero-order valence-corrected chi connectivity index (χ0v) is 13.9. The third kappa shape index (κ3) is 3.85. The van der Waals surface area contributed by atoms with E-state index >= 15 is 0 Å². The zero-order chi connectivity index (χ0) is 19.6. The second kappa shape index (κ2) is 6.92. The first-order valence-electron chi connectivity index (χ1n) is 7.40. The van der Waals surface area contributed by atoms with Crippen molar-refractivity contribution in [1.29, 1.82) is 0 Å². The van der Waals surface area contributed by atoms with Gasteiger partial charge in [-0.2, -0.15) is 0 Å². The Morgan fingerprint density at radius 1 is 1.27 bits per heavy atom. The Kier molecular flexibility index (Phi) is 5.07. The van der Waals surface area contributed by atoms with Crippen molar-refractivity contribution < 1.29 is 29.3 Å². The fourth-order valence-corrected chi connectivity index (χ4v) is 2.32. The van der Waals surface area contributed by atoms with Crippen molar-refractivity contribution in [2.24, 2.45) is 0 Å². The van der Waals surface area contributed by atoms with Crippen molar-refractivity contribution in [2.75, 3.05) is 13.2 Å². The number of nitrogens with one attached hydrogen (secondary N) is 1. The molecule has 1 fully saturated rings. The van der Waals surface area contributed by atoms with Gasteiger partial charge in [0.05, 0.1) is 22.5 Å². The van der Waals surface area contributed by atoms with Crippen LogP contribution in [0.25, 0.3) is 0 Å². The minimum absolute atomic E-state index is 0.280. The SMILES string of the molecule is CC1(C)NC(=O)N(CC(O)COc2ccc([N+](=O)[O-])cc2[N+](=O)[O-])C1=O. The first kappa shape index (κ1) is 19.1. The number of aliphatic hydroxyl groups is 1. The first-order chi connectivity index (χ1) is 12.0. The number of nitrogens with zero attached hydrogens (tertiary/aromatic N) is 3. The number of aliphatic hydroxyl groups excluding tert-OH is 1. The van der Waals surface area contributed by atoms with Crippen molar-refractivity contribution in [3.63, 3.8) is 0 Å². The molecule has 0 aromatic heterocycles. The molecule has 140 valence electrons. The maximum atomic E-state index is 12.0. The number of carbonyl (C=O) groups excluding carboxylic acids is 2. The van der Waals surface area contributed by atoms with Crippen LogP contribution in [0.5, 0.6) is 5.75 Å². The van der Waals surface area contributed by atoms with Crippen LogP contribution in [0.2, 0.25) is 0 Å². The lowest BCUT2D eigenvalue weighted by Crippen LogP contribution is -2.42. The number of urea groups is 1. The van der Waals surface area contributed by atoms with Gasteiger partial charge in [-0.3, -0.25) is 29.9 Å². The van der Waals surface area contributed by atoms with E-state index in [4.69, 9.17) is 4.74 Å². The first-order valence-corrected chi connectivity index (χ1v) is 7.40. The summed E-state index contributed by atoms with van der Waals surface area (Å²) in [6, 6.07) is 2.14. The summed E-state index contributed by atoms with van der Waals surface area (Å²) < 4.78 is 5.14. The van der Waals surface area contributed by atoms with E-state index in [-0.39, 0.29) is 12.3 Å². The highest BCUT2D eigenvalue weighted by molar-refractivity contribution is 6.06. The number of non-ortho nitro benzene ring substituents is 1. The molecule has 1 aliphatic heterocycles. The topological polar surface area (TPSA) is 165 Å². The van der Waals surface area contributed by atoms with Gasteiger partial charge in [-0.15, -0.1) is 0 Å². The van der Waals surface area contributed by atoms with Crippen LogP contribution in [0.1, 0.15) is 13.8 Å². The number of hydrogen-bond donors (Lipinski definition) is 2. The lowest BCUT2D eigenvalue weighted by Gasteiger charge is -2.19. The lowest BCUT2D eigenvalue weighted by molar-refractivity contribution is -0.394. The highest BCUT2D eigenvalue weighted by Crippen LogP contribution is 2.31. The van der Waals surface area contributed by atoms with Crippen molar-refractivity contribution >= 4 is 23.3 Å². The number of amides is 3. The summed E-state index contributed by atoms with van der Waals surface area (Å²) in [4.78, 5) is 44.7. The molecule has 0 spiro atoms. The number of ether oxygens (including phenoxy) is 1. The van der Waals surface area contributed by atoms with E-state index in [9.17, 15) is 34.9 Å². The highest BCUT2D eigenvalue weighted by Gasteiger charge is 2.44. The molecule has 0 radical (unpaired) electrons. The number of nitro groups is 2. The largest absolute Gasteiger partial charge is 0.484 e. The Hall–Kier alpha value is -3.28. The molecule has 0 saturated carbocycles. The smallest absolute Gasteiger partial charge is 0.325 e. The van der Waals surface area contributed by atoms with Crippen molar-refractivity contribution in [1.82, 2.24) is 10.2 Å². The summed E-state index contributed by atoms with van der Waals surface area (Å²) in [5, 5.41) is 34.1. The van der Waals surface area contributed by atoms with E-state index in [1.807, 2.05) is 0 Å². The van der Waals surface area contributed by atoms with Gasteiger partial charge in [-0.1, -0.05) is 0 Å². The van der Waals surface area contributed by atoms with E-state index in [1.54, 1.807) is 0 Å². The molecule has 0 bridgehead atoms. The molecular formula is C14H16N4O8. The Labute approximate surface area is 146 Å². The normalized spacial score (nSPS) is 17.0. The molecule has 2 N–H and O–H groups in total. The molecule has 2 rings (SSSR count). The Bertz CT molecular complexity index is 778. The van der Waals surface area contributed by atoms with Crippen LogP contribution in [0.3, 0.4) is 0 Å². The summed E-state index contributed by atoms with van der Waals surface area (Å²) in [6.45, 7) is 2.19. The molecule has 1 atom stereocenters. The van der Waals surface area contributed by atoms with Gasteiger partial charge in [-0.05, 0) is 19.9 Å². The number of benzene rings is 1. The van der Waals surface area contributed by atoms with E-state index in [0.29, 0.717) is 0 Å². The van der Waals surface area contributed by atoms with Crippen LogP contribution >= 0.6 is 0 Å². The Morgan fingerprint density at radius 3 is 2.42 bits per heavy atom. The van der Waals surface area contributed by atoms with Gasteiger partial charge in [0, 0.05) is 6.07 Å². The number of β-amino-alcohol motifs (C(OH)–C–C–N with tert-alkyl or cyclic N) is 1. The third-order valence-corrected chi connectivity index (χ3v) is 3.62. The Morgan fingerprint density at radius 2 is 1.92 bits per heavy atom. The minimum Gasteiger partial charge on any atom is -0.484 e. The molecule has 3 amide bonds. The summed E-state index contributed by atoms with van der Waals surface area (Å²) in [6.07, 6.45) is -1.31. The van der Waals surface area contributed by atoms with Crippen molar-refractivity contribution in [3.8, 4) is 5.75 Å². The summed E-state index contributed by atoms with van der Waals surface area (Å²) in [5.41, 5.74) is -2.21. The number of rotatable bonds is 7. The maximum Gasteiger partial charge on any atom is 0.325 e. The predicted octanol–water partition coefficient (Wildman–Crippen LogP) is 0.573. The van der Waals surface area contributed by atoms with Crippen LogP contribution in [0, 0.1) is 20.2 Å². The molecule has 1 heterocycles. The van der Waals surface area contributed by atoms with Crippen LogP contribution in [0.4, 0.5) is 16.2 Å². The van der Waals surface area contributed by atoms with Crippen LogP contribution < -0.4 is 10.1 Å². The van der Waals surface area contributed by atoms with Crippen molar-refractivity contribution in [2.45, 2.75) is 25.5 Å². The van der Waals surface area contributed by atoms with E-state index < -0.39 is 51.4 Å². The minimum atomic E-state index is -1.31. The number of carbonyl (C=O) groups is 2. The average Bonchev–Trinajstić information content (AvgIpc) is 2.74. The molecule has 1 aromatic rings. The quantitative estimate of drug-likeness (QED) is 0.400. The third-order valence-electron chi connectivity index (χ3n) is 3.62. The predicted molar refractivity (Wildman–Crippen MR) is 85.6 cm³/mol. The molecule has 12 nitrogen and oxygen atoms in total. The van der Waals surface area contributed by atoms with Gasteiger partial charge in [0.25, 0.3) is 11.6 Å². The van der Waals surface area contributed by atoms with Gasteiger partial charge in [-0.25, -0.2) is 4.79 Å². The second-order valence-corrected chi connectivity index (χ2v) is 6.10. The van der Waals surface area contributed by atoms with Gasteiger partial charge in [0.2, 0.25) is 0 Å². The summed E-state index contributed by atoms with van der Waals surface area (Å²) >= 11 is 0. The fourth-order valence-electron chi connectivity index (χ4n) is 2.32. The van der Waals surface area contributed by atoms with Gasteiger partial charge in [0.15, 0.2) is 5.75 Å². The van der Waals surface area contributed by atoms with Gasteiger partial charge in [0.1, 0.15) is 18.2 Å². The monoisotopic (exact) mass is 368 g/mol. The van der Waals surface area contributed by atoms with Crippen LogP contribution in [-0.4, -0.2) is 56.6 Å². The summed E-state index contributed by atoms with van der Waals surface area (Å²) in [7, 11) is 0. The second-order valence-electron chi connectivity index (χ2n) is 6.10. The molecule has 12 heteroatoms. The highest BCUT2D eigenvalue weighted by atomic mass is 16.6. The van der Waals surface area contributed by atoms with Gasteiger partial charge >= 0.3 is 11.7 Å². The maximum absolute atomic E-state index is 12.0. The number of hydrogen-bond acceptors (Lipinski definition) is 8. The molecule has 1 unspecified atom stereocenters. The number of imide groups is 1. The number of nitro benzene ring substituents is 2. The summed E-state index contributed by atoms with van der Waals surface area (Å²) in [5.74, 6) is -0.806. The Balaban J connectivity index is 2.05. The van der Waals surface area contributed by atoms with Crippen LogP contribution in [0.15, 0.2) is 18.2 Å². The average molecular weight is 368 g/mol. The lowest BCUT2D eigenvalue weighted by atomic mass is 10.1. The molecule has 1 aliphatic rings. The molecular weight excluding hydrogens is 352 g/mol. The zero-order valence-electron chi connectivity index (χ0n) is 13.9. The standard InChI is InChI=1S/C14H16N4O8/c1-14(2)12(20)16(13(21)15-14)6-9(19)7-26-11-4-3-8(17(22)23)5-10(11)18(24)25/h3-5,9,19H,6-7H2,1-2H3,(H,15,21). The van der Waals surface area contributed by atoms with E-state index in [2.05, 4.69) is 5.32 Å². The fraction of sp³-hybridized carbons (Fsp3) is 0.429. The molecule has 26 heavy (non-hydrogen) atoms. The molecule has 1 aromatic carbocycles. The molecule has 0 aliphatic carbocycles. The molecule has 1 saturated heterocycles.